The summed E-state index contributed by atoms with van der Waals surface area (Å²) in [5, 5.41) is 0. The van der Waals surface area contributed by atoms with Crippen LogP contribution in [0.4, 0.5) is 4.39 Å². The Balaban J connectivity index is 2.25. The summed E-state index contributed by atoms with van der Waals surface area (Å²) in [6.45, 7) is 2.07. The largest absolute Gasteiger partial charge is 0.324 e. The Morgan fingerprint density at radius 1 is 1.32 bits per heavy atom. The lowest BCUT2D eigenvalue weighted by Crippen LogP contribution is -2.15. The van der Waals surface area contributed by atoms with E-state index in [-0.39, 0.29) is 11.9 Å². The molecule has 1 nitrogen and oxygen atoms in total. The Morgan fingerprint density at radius 3 is 2.74 bits per heavy atom. The minimum atomic E-state index is -0.240. The van der Waals surface area contributed by atoms with Crippen LogP contribution in [-0.2, 0) is 6.42 Å². The molecule has 0 fully saturated rings. The molecule has 1 unspecified atom stereocenters. The summed E-state index contributed by atoms with van der Waals surface area (Å²) in [5.41, 5.74) is 9.48. The van der Waals surface area contributed by atoms with Crippen molar-refractivity contribution in [2.24, 2.45) is 5.73 Å². The number of nitrogens with two attached hydrogens (primary N) is 1. The summed E-state index contributed by atoms with van der Waals surface area (Å²) in [4.78, 5) is 0. The lowest BCUT2D eigenvalue weighted by Gasteiger charge is -2.15. The van der Waals surface area contributed by atoms with Crippen molar-refractivity contribution in [2.45, 2.75) is 19.4 Å². The fraction of sp³-hybridized carbons (Fsp3) is 0.200. The zero-order chi connectivity index (χ0) is 14.0. The van der Waals surface area contributed by atoms with Crippen molar-refractivity contribution >= 4 is 38.5 Å². The number of halogens is 3. The third-order valence-corrected chi connectivity index (χ3v) is 4.93. The predicted molar refractivity (Wildman–Crippen MR) is 88.6 cm³/mol. The Hall–Kier alpha value is -0.460. The van der Waals surface area contributed by atoms with Gasteiger partial charge in [-0.1, -0.05) is 34.1 Å². The predicted octanol–water partition coefficient (Wildman–Crippen LogP) is 4.74. The normalized spacial score (nSPS) is 12.5. The lowest BCUT2D eigenvalue weighted by molar-refractivity contribution is 0.621. The van der Waals surface area contributed by atoms with E-state index in [1.54, 1.807) is 0 Å². The van der Waals surface area contributed by atoms with Gasteiger partial charge in [0.05, 0.1) is 0 Å². The topological polar surface area (TPSA) is 26.0 Å². The lowest BCUT2D eigenvalue weighted by atomic mass is 9.98. The van der Waals surface area contributed by atoms with Gasteiger partial charge in [0, 0.05) is 14.1 Å². The van der Waals surface area contributed by atoms with Crippen LogP contribution in [0.15, 0.2) is 40.9 Å². The summed E-state index contributed by atoms with van der Waals surface area (Å²) in [6.07, 6.45) is 0.621. The Labute approximate surface area is 134 Å². The highest BCUT2D eigenvalue weighted by molar-refractivity contribution is 14.1. The molecule has 0 bridgehead atoms. The van der Waals surface area contributed by atoms with Crippen LogP contribution in [0.2, 0.25) is 0 Å². The van der Waals surface area contributed by atoms with E-state index in [1.165, 1.54) is 21.3 Å². The molecule has 0 saturated carbocycles. The van der Waals surface area contributed by atoms with Gasteiger partial charge >= 0.3 is 0 Å². The van der Waals surface area contributed by atoms with Crippen molar-refractivity contribution in [3.63, 3.8) is 0 Å². The van der Waals surface area contributed by atoms with E-state index in [0.29, 0.717) is 6.42 Å². The SMILES string of the molecule is Cc1cccc(C(N)Cc2cc(F)cc(Br)c2)c1I. The van der Waals surface area contributed by atoms with E-state index in [1.807, 2.05) is 18.2 Å². The Bertz CT molecular complexity index is 580. The van der Waals surface area contributed by atoms with E-state index >= 15 is 0 Å². The second-order valence-electron chi connectivity index (χ2n) is 4.57. The molecule has 0 aliphatic carbocycles. The van der Waals surface area contributed by atoms with Crippen molar-refractivity contribution in [1.29, 1.82) is 0 Å². The molecule has 0 aliphatic rings. The smallest absolute Gasteiger partial charge is 0.124 e. The highest BCUT2D eigenvalue weighted by Crippen LogP contribution is 2.25. The van der Waals surface area contributed by atoms with Crippen LogP contribution in [0.1, 0.15) is 22.7 Å². The number of hydrogen-bond acceptors (Lipinski definition) is 1. The van der Waals surface area contributed by atoms with Crippen LogP contribution < -0.4 is 5.73 Å². The summed E-state index contributed by atoms with van der Waals surface area (Å²) >= 11 is 5.62. The van der Waals surface area contributed by atoms with Gasteiger partial charge in [-0.15, -0.1) is 0 Å². The van der Waals surface area contributed by atoms with Crippen molar-refractivity contribution in [1.82, 2.24) is 0 Å². The fourth-order valence-electron chi connectivity index (χ4n) is 2.05. The standard InChI is InChI=1S/C15H14BrFIN/c1-9-3-2-4-13(15(9)18)14(19)7-10-5-11(16)8-12(17)6-10/h2-6,8,14H,7,19H2,1H3. The molecule has 0 amide bonds. The van der Waals surface area contributed by atoms with Crippen molar-refractivity contribution in [3.05, 3.63) is 66.9 Å². The first kappa shape index (κ1) is 14.9. The van der Waals surface area contributed by atoms with Crippen LogP contribution >= 0.6 is 38.5 Å². The first-order valence-corrected chi connectivity index (χ1v) is 7.80. The van der Waals surface area contributed by atoms with Gasteiger partial charge in [-0.05, 0) is 70.8 Å². The number of benzene rings is 2. The summed E-state index contributed by atoms with van der Waals surface area (Å²) in [5.74, 6) is -0.240. The number of rotatable bonds is 3. The number of aryl methyl sites for hydroxylation is 1. The average molecular weight is 434 g/mol. The van der Waals surface area contributed by atoms with Crippen LogP contribution in [0.3, 0.4) is 0 Å². The molecule has 2 aromatic carbocycles. The monoisotopic (exact) mass is 433 g/mol. The molecule has 0 saturated heterocycles. The molecule has 1 atom stereocenters. The highest BCUT2D eigenvalue weighted by atomic mass is 127. The van der Waals surface area contributed by atoms with Gasteiger partial charge in [-0.25, -0.2) is 4.39 Å². The minimum Gasteiger partial charge on any atom is -0.324 e. The second-order valence-corrected chi connectivity index (χ2v) is 6.56. The van der Waals surface area contributed by atoms with Gasteiger partial charge in [0.2, 0.25) is 0 Å². The Morgan fingerprint density at radius 2 is 2.05 bits per heavy atom. The van der Waals surface area contributed by atoms with E-state index < -0.39 is 0 Å². The molecule has 2 N–H and O–H groups in total. The van der Waals surface area contributed by atoms with E-state index in [0.717, 1.165) is 15.6 Å². The molecule has 0 spiro atoms. The van der Waals surface area contributed by atoms with Crippen LogP contribution in [0.25, 0.3) is 0 Å². The molecule has 100 valence electrons. The molecule has 0 heterocycles. The maximum absolute atomic E-state index is 13.4. The molecule has 0 radical (unpaired) electrons. The average Bonchev–Trinajstić information content (AvgIpc) is 2.31. The summed E-state index contributed by atoms with van der Waals surface area (Å²) < 4.78 is 15.3. The van der Waals surface area contributed by atoms with Crippen LogP contribution in [-0.4, -0.2) is 0 Å². The molecule has 0 aromatic heterocycles. The van der Waals surface area contributed by atoms with Crippen molar-refractivity contribution in [2.75, 3.05) is 0 Å². The van der Waals surface area contributed by atoms with Gasteiger partial charge in [0.25, 0.3) is 0 Å². The van der Waals surface area contributed by atoms with Gasteiger partial charge in [0.1, 0.15) is 5.82 Å². The Kier molecular flexibility index (Phi) is 4.97. The maximum Gasteiger partial charge on any atom is 0.124 e. The second kappa shape index (κ2) is 6.33. The molecule has 4 heteroatoms. The molecular weight excluding hydrogens is 420 g/mol. The zero-order valence-electron chi connectivity index (χ0n) is 10.5. The van der Waals surface area contributed by atoms with Crippen molar-refractivity contribution in [3.8, 4) is 0 Å². The first-order valence-electron chi connectivity index (χ1n) is 5.93. The third-order valence-electron chi connectivity index (χ3n) is 3.00. The van der Waals surface area contributed by atoms with Gasteiger partial charge in [0.15, 0.2) is 0 Å². The molecule has 0 aliphatic heterocycles. The molecule has 2 rings (SSSR count). The molecular formula is C15H14BrFIN. The maximum atomic E-state index is 13.4. The van der Waals surface area contributed by atoms with E-state index in [2.05, 4.69) is 51.5 Å². The minimum absolute atomic E-state index is 0.125. The van der Waals surface area contributed by atoms with Gasteiger partial charge < -0.3 is 5.73 Å². The highest BCUT2D eigenvalue weighted by Gasteiger charge is 2.12. The van der Waals surface area contributed by atoms with Gasteiger partial charge in [-0.2, -0.15) is 0 Å². The summed E-state index contributed by atoms with van der Waals surface area (Å²) in [6, 6.07) is 10.9. The van der Waals surface area contributed by atoms with E-state index in [9.17, 15) is 4.39 Å². The third kappa shape index (κ3) is 3.77. The van der Waals surface area contributed by atoms with Crippen LogP contribution in [0, 0.1) is 16.3 Å². The fourth-order valence-corrected chi connectivity index (χ4v) is 3.32. The first-order chi connectivity index (χ1) is 8.97. The number of hydrogen-bond donors (Lipinski definition) is 1. The van der Waals surface area contributed by atoms with Crippen LogP contribution in [0.5, 0.6) is 0 Å². The molecule has 19 heavy (non-hydrogen) atoms. The van der Waals surface area contributed by atoms with E-state index in [4.69, 9.17) is 5.73 Å². The van der Waals surface area contributed by atoms with Gasteiger partial charge in [-0.3, -0.25) is 0 Å². The zero-order valence-corrected chi connectivity index (χ0v) is 14.2. The summed E-state index contributed by atoms with van der Waals surface area (Å²) in [7, 11) is 0. The molecule has 2 aromatic rings. The van der Waals surface area contributed by atoms with Crippen molar-refractivity contribution < 1.29 is 4.39 Å². The quantitative estimate of drug-likeness (QED) is 0.695.